The number of pyridine rings is 1. The van der Waals surface area contributed by atoms with Crippen molar-refractivity contribution in [2.24, 2.45) is 0 Å². The van der Waals surface area contributed by atoms with Crippen LogP contribution in [-0.4, -0.2) is 55.1 Å². The molecule has 0 saturated carbocycles. The van der Waals surface area contributed by atoms with Crippen LogP contribution in [-0.2, 0) is 0 Å². The monoisotopic (exact) mass is 356 g/mol. The zero-order chi connectivity index (χ0) is 18.2. The van der Waals surface area contributed by atoms with Gasteiger partial charge in [-0.3, -0.25) is 9.69 Å². The van der Waals surface area contributed by atoms with Gasteiger partial charge in [0.15, 0.2) is 0 Å². The molecule has 0 bridgehead atoms. The molecule has 0 unspecified atom stereocenters. The Hall–Kier alpha value is -2.47. The zero-order valence-corrected chi connectivity index (χ0v) is 14.9. The van der Waals surface area contributed by atoms with Crippen molar-refractivity contribution in [1.82, 2.24) is 15.2 Å². The number of carbonyl (C=O) groups excluding carboxylic acids is 1. The molecular weight excluding hydrogens is 331 g/mol. The van der Waals surface area contributed by atoms with Gasteiger partial charge in [-0.05, 0) is 43.7 Å². The van der Waals surface area contributed by atoms with Gasteiger partial charge in [-0.15, -0.1) is 0 Å². The van der Waals surface area contributed by atoms with Crippen LogP contribution in [0.3, 0.4) is 0 Å². The normalized spacial score (nSPS) is 15.0. The van der Waals surface area contributed by atoms with Gasteiger partial charge in [0.1, 0.15) is 5.82 Å². The van der Waals surface area contributed by atoms with Gasteiger partial charge in [-0.25, -0.2) is 4.98 Å². The summed E-state index contributed by atoms with van der Waals surface area (Å²) in [6.45, 7) is 5.35. The average molecular weight is 356 g/mol. The number of unbranched alkanes of at least 4 members (excludes halogenated alkanes) is 1. The largest absolute Gasteiger partial charge is 0.354 e. The Balaban J connectivity index is 1.30. The van der Waals surface area contributed by atoms with Gasteiger partial charge in [0.2, 0.25) is 5.95 Å². The predicted octanol–water partition coefficient (Wildman–Crippen LogP) is 2.55. The highest BCUT2D eigenvalue weighted by Crippen LogP contribution is 2.14. The first kappa shape index (κ1) is 18.3. The first-order chi connectivity index (χ1) is 12.7. The van der Waals surface area contributed by atoms with Gasteiger partial charge in [0.05, 0.1) is 0 Å². The van der Waals surface area contributed by atoms with E-state index in [0.717, 1.165) is 45.6 Å². The second-order valence-corrected chi connectivity index (χ2v) is 6.48. The summed E-state index contributed by atoms with van der Waals surface area (Å²) >= 11 is 0. The zero-order valence-electron chi connectivity index (χ0n) is 14.9. The van der Waals surface area contributed by atoms with E-state index in [4.69, 9.17) is 0 Å². The number of nitrogens with one attached hydrogen (secondary N) is 1. The van der Waals surface area contributed by atoms with Gasteiger partial charge in [-0.2, -0.15) is 4.39 Å². The van der Waals surface area contributed by atoms with E-state index in [1.807, 2.05) is 36.4 Å². The van der Waals surface area contributed by atoms with E-state index in [9.17, 15) is 9.18 Å². The molecule has 0 aliphatic carbocycles. The van der Waals surface area contributed by atoms with E-state index in [-0.39, 0.29) is 5.91 Å². The summed E-state index contributed by atoms with van der Waals surface area (Å²) in [7, 11) is 0. The summed E-state index contributed by atoms with van der Waals surface area (Å²) in [6.07, 6.45) is 2.01. The van der Waals surface area contributed by atoms with Crippen molar-refractivity contribution in [3.8, 4) is 0 Å². The first-order valence-corrected chi connectivity index (χ1v) is 9.15. The molecule has 1 saturated heterocycles. The molecule has 1 fully saturated rings. The lowest BCUT2D eigenvalue weighted by Crippen LogP contribution is -2.47. The molecule has 1 aromatic heterocycles. The number of piperazine rings is 1. The van der Waals surface area contributed by atoms with Gasteiger partial charge in [0.25, 0.3) is 5.91 Å². The molecule has 0 atom stereocenters. The molecular formula is C20H25FN4O. The molecule has 1 amide bonds. The Morgan fingerprint density at radius 3 is 2.50 bits per heavy atom. The third-order valence-electron chi connectivity index (χ3n) is 4.62. The topological polar surface area (TPSA) is 48.5 Å². The van der Waals surface area contributed by atoms with E-state index in [2.05, 4.69) is 20.1 Å². The van der Waals surface area contributed by atoms with Gasteiger partial charge >= 0.3 is 0 Å². The van der Waals surface area contributed by atoms with Crippen LogP contribution >= 0.6 is 0 Å². The SMILES string of the molecule is O=C(NCCCCN1CCN(c2cccc(F)n2)CC1)c1ccccc1. The van der Waals surface area contributed by atoms with Crippen molar-refractivity contribution in [3.63, 3.8) is 0 Å². The maximum Gasteiger partial charge on any atom is 0.251 e. The second kappa shape index (κ2) is 9.29. The number of hydrogen-bond donors (Lipinski definition) is 1. The molecule has 1 aliphatic heterocycles. The van der Waals surface area contributed by atoms with E-state index < -0.39 is 5.95 Å². The van der Waals surface area contributed by atoms with Gasteiger partial charge < -0.3 is 10.2 Å². The number of nitrogens with zero attached hydrogens (tertiary/aromatic N) is 3. The van der Waals surface area contributed by atoms with Crippen molar-refractivity contribution in [2.45, 2.75) is 12.8 Å². The summed E-state index contributed by atoms with van der Waals surface area (Å²) in [5.74, 6) is 0.276. The van der Waals surface area contributed by atoms with E-state index in [1.165, 1.54) is 6.07 Å². The maximum atomic E-state index is 13.2. The molecule has 2 aromatic rings. The van der Waals surface area contributed by atoms with Gasteiger partial charge in [0, 0.05) is 38.3 Å². The number of benzene rings is 1. The molecule has 1 aromatic carbocycles. The van der Waals surface area contributed by atoms with Crippen LogP contribution in [0.15, 0.2) is 48.5 Å². The minimum Gasteiger partial charge on any atom is -0.354 e. The summed E-state index contributed by atoms with van der Waals surface area (Å²) in [6, 6.07) is 14.2. The van der Waals surface area contributed by atoms with Crippen LogP contribution in [0.4, 0.5) is 10.2 Å². The van der Waals surface area contributed by atoms with Crippen molar-refractivity contribution >= 4 is 11.7 Å². The van der Waals surface area contributed by atoms with Crippen molar-refractivity contribution < 1.29 is 9.18 Å². The highest BCUT2D eigenvalue weighted by molar-refractivity contribution is 5.94. The Bertz CT molecular complexity index is 702. The fourth-order valence-corrected chi connectivity index (χ4v) is 3.13. The van der Waals surface area contributed by atoms with E-state index in [0.29, 0.717) is 17.9 Å². The molecule has 6 heteroatoms. The molecule has 0 radical (unpaired) electrons. The first-order valence-electron chi connectivity index (χ1n) is 9.15. The Labute approximate surface area is 153 Å². The lowest BCUT2D eigenvalue weighted by atomic mass is 10.2. The highest BCUT2D eigenvalue weighted by atomic mass is 19.1. The molecule has 0 spiro atoms. The molecule has 138 valence electrons. The number of hydrogen-bond acceptors (Lipinski definition) is 4. The summed E-state index contributed by atoms with van der Waals surface area (Å²) in [5, 5.41) is 2.96. The minimum atomic E-state index is -0.428. The fourth-order valence-electron chi connectivity index (χ4n) is 3.13. The van der Waals surface area contributed by atoms with E-state index in [1.54, 1.807) is 6.07 Å². The molecule has 1 aliphatic rings. The Morgan fingerprint density at radius 1 is 1.00 bits per heavy atom. The minimum absolute atomic E-state index is 0.0122. The predicted molar refractivity (Wildman–Crippen MR) is 101 cm³/mol. The summed E-state index contributed by atoms with van der Waals surface area (Å²) < 4.78 is 13.2. The van der Waals surface area contributed by atoms with Crippen molar-refractivity contribution in [3.05, 3.63) is 60.0 Å². The molecule has 2 heterocycles. The number of aromatic nitrogens is 1. The Morgan fingerprint density at radius 2 is 1.77 bits per heavy atom. The van der Waals surface area contributed by atoms with Crippen LogP contribution in [0.25, 0.3) is 0 Å². The second-order valence-electron chi connectivity index (χ2n) is 6.48. The van der Waals surface area contributed by atoms with Crippen LogP contribution in [0, 0.1) is 5.95 Å². The van der Waals surface area contributed by atoms with Crippen LogP contribution in [0.5, 0.6) is 0 Å². The maximum absolute atomic E-state index is 13.2. The molecule has 1 N–H and O–H groups in total. The highest BCUT2D eigenvalue weighted by Gasteiger charge is 2.17. The number of carbonyl (C=O) groups is 1. The number of rotatable bonds is 7. The third kappa shape index (κ3) is 5.26. The fraction of sp³-hybridized carbons (Fsp3) is 0.400. The summed E-state index contributed by atoms with van der Waals surface area (Å²) in [5.41, 5.74) is 0.703. The van der Waals surface area contributed by atoms with Gasteiger partial charge in [-0.1, -0.05) is 24.3 Å². The number of halogens is 1. The van der Waals surface area contributed by atoms with Crippen molar-refractivity contribution in [1.29, 1.82) is 0 Å². The number of anilines is 1. The molecule has 5 nitrogen and oxygen atoms in total. The summed E-state index contributed by atoms with van der Waals surface area (Å²) in [4.78, 5) is 20.4. The lowest BCUT2D eigenvalue weighted by Gasteiger charge is -2.35. The Kier molecular flexibility index (Phi) is 6.55. The van der Waals surface area contributed by atoms with Crippen LogP contribution in [0.2, 0.25) is 0 Å². The van der Waals surface area contributed by atoms with Crippen molar-refractivity contribution in [2.75, 3.05) is 44.2 Å². The lowest BCUT2D eigenvalue weighted by molar-refractivity contribution is 0.0952. The average Bonchev–Trinajstić information content (AvgIpc) is 2.69. The van der Waals surface area contributed by atoms with Crippen LogP contribution < -0.4 is 10.2 Å². The smallest absolute Gasteiger partial charge is 0.251 e. The molecule has 3 rings (SSSR count). The third-order valence-corrected chi connectivity index (χ3v) is 4.62. The quantitative estimate of drug-likeness (QED) is 0.612. The van der Waals surface area contributed by atoms with Crippen LogP contribution in [0.1, 0.15) is 23.2 Å². The standard InChI is InChI=1S/C20H25FN4O/c21-18-9-6-10-19(23-18)25-15-13-24(14-16-25)12-5-4-11-22-20(26)17-7-2-1-3-8-17/h1-3,6-10H,4-5,11-16H2,(H,22,26). The number of amides is 1. The van der Waals surface area contributed by atoms with E-state index >= 15 is 0 Å². The molecule has 26 heavy (non-hydrogen) atoms.